The number of aromatic nitrogens is 3. The summed E-state index contributed by atoms with van der Waals surface area (Å²) in [6.45, 7) is 9.35. The summed E-state index contributed by atoms with van der Waals surface area (Å²) >= 11 is 7.04. The van der Waals surface area contributed by atoms with Gasteiger partial charge in [-0.1, -0.05) is 11.6 Å². The molecule has 0 spiro atoms. The van der Waals surface area contributed by atoms with Crippen molar-refractivity contribution in [3.8, 4) is 0 Å². The van der Waals surface area contributed by atoms with Crippen LogP contribution in [0, 0.1) is 13.8 Å². The molecule has 0 aliphatic carbocycles. The van der Waals surface area contributed by atoms with Gasteiger partial charge in [0.2, 0.25) is 0 Å². The summed E-state index contributed by atoms with van der Waals surface area (Å²) in [6.07, 6.45) is -3.64. The van der Waals surface area contributed by atoms with Gasteiger partial charge in [-0.2, -0.15) is 13.2 Å². The molecule has 28 heavy (non-hydrogen) atoms. The number of pyridine rings is 1. The van der Waals surface area contributed by atoms with Gasteiger partial charge in [-0.15, -0.1) is 0 Å². The maximum atomic E-state index is 12.8. The van der Waals surface area contributed by atoms with E-state index in [0.717, 1.165) is 35.4 Å². The van der Waals surface area contributed by atoms with E-state index in [1.54, 1.807) is 25.3 Å². The van der Waals surface area contributed by atoms with Gasteiger partial charge in [0.1, 0.15) is 10.6 Å². The molecule has 154 valence electrons. The normalized spacial score (nSPS) is 12.3. The first kappa shape index (κ1) is 22.5. The number of alkyl halides is 3. The molecule has 0 bridgehead atoms. The molecule has 0 amide bonds. The first-order valence-corrected chi connectivity index (χ1v) is 9.63. The van der Waals surface area contributed by atoms with Gasteiger partial charge in [0.15, 0.2) is 5.16 Å². The summed E-state index contributed by atoms with van der Waals surface area (Å²) in [5, 5.41) is 0.586. The van der Waals surface area contributed by atoms with Crippen molar-refractivity contribution < 1.29 is 22.7 Å². The summed E-state index contributed by atoms with van der Waals surface area (Å²) < 4.78 is 45.4. The fourth-order valence-electron chi connectivity index (χ4n) is 2.30. The van der Waals surface area contributed by atoms with Crippen LogP contribution in [0.1, 0.15) is 44.1 Å². The van der Waals surface area contributed by atoms with Crippen LogP contribution in [0.3, 0.4) is 0 Å². The smallest absolute Gasteiger partial charge is 0.417 e. The lowest BCUT2D eigenvalue weighted by molar-refractivity contribution is -0.155. The molecule has 0 fully saturated rings. The molecule has 0 saturated heterocycles. The van der Waals surface area contributed by atoms with Crippen LogP contribution in [-0.4, -0.2) is 26.1 Å². The van der Waals surface area contributed by atoms with Gasteiger partial charge < -0.3 is 9.30 Å². The fraction of sp³-hybridized carbons (Fsp3) is 0.500. The van der Waals surface area contributed by atoms with E-state index in [4.69, 9.17) is 16.3 Å². The summed E-state index contributed by atoms with van der Waals surface area (Å²) in [6, 6.07) is 0.838. The lowest BCUT2D eigenvalue weighted by atomic mass is 10.2. The van der Waals surface area contributed by atoms with Crippen LogP contribution in [0.5, 0.6) is 0 Å². The summed E-state index contributed by atoms with van der Waals surface area (Å²) in [5.41, 5.74) is 0.0953. The van der Waals surface area contributed by atoms with Crippen LogP contribution >= 0.6 is 23.4 Å². The molecule has 0 saturated carbocycles. The minimum atomic E-state index is -4.51. The highest BCUT2D eigenvalue weighted by atomic mass is 35.5. The maximum absolute atomic E-state index is 12.8. The number of esters is 1. The molecular formula is C18H21ClF3N3O2S. The number of rotatable bonds is 5. The quantitative estimate of drug-likeness (QED) is 0.584. The third-order valence-corrected chi connectivity index (χ3v) is 5.12. The van der Waals surface area contributed by atoms with Gasteiger partial charge in [-0.05, 0) is 52.4 Å². The molecule has 0 aliphatic rings. The Balaban J connectivity index is 2.21. The van der Waals surface area contributed by atoms with Gasteiger partial charge in [0.05, 0.1) is 22.7 Å². The fourth-order valence-corrected chi connectivity index (χ4v) is 3.54. The number of nitrogens with zero attached hydrogens (tertiary/aromatic N) is 3. The Kier molecular flexibility index (Phi) is 6.70. The van der Waals surface area contributed by atoms with E-state index in [2.05, 4.69) is 9.97 Å². The number of carbonyl (C=O) groups excluding carboxylic acids is 1. The van der Waals surface area contributed by atoms with Crippen molar-refractivity contribution in [2.45, 2.75) is 69.5 Å². The standard InChI is InChI=1S/C18H21ClF3N3O2S/c1-10-11(2)25(7-6-14(26)27-17(3,4)5)16(24-10)28-15-13(19)8-12(9-23-15)18(20,21)22/h8-9H,6-7H2,1-5H3. The minimum Gasteiger partial charge on any atom is -0.460 e. The van der Waals surface area contributed by atoms with Crippen molar-refractivity contribution in [1.29, 1.82) is 0 Å². The van der Waals surface area contributed by atoms with Crippen molar-refractivity contribution in [3.05, 3.63) is 34.2 Å². The SMILES string of the molecule is Cc1nc(Sc2ncc(C(F)(F)F)cc2Cl)n(CCC(=O)OC(C)(C)C)c1C. The number of halogens is 4. The van der Waals surface area contributed by atoms with Gasteiger partial charge in [-0.25, -0.2) is 9.97 Å². The van der Waals surface area contributed by atoms with Crippen molar-refractivity contribution in [3.63, 3.8) is 0 Å². The lowest BCUT2D eigenvalue weighted by Gasteiger charge is -2.19. The lowest BCUT2D eigenvalue weighted by Crippen LogP contribution is -2.24. The highest BCUT2D eigenvalue weighted by Crippen LogP contribution is 2.36. The number of aryl methyl sites for hydroxylation is 1. The van der Waals surface area contributed by atoms with E-state index in [-0.39, 0.29) is 22.4 Å². The Bertz CT molecular complexity index is 876. The van der Waals surface area contributed by atoms with Gasteiger partial charge in [0.25, 0.3) is 0 Å². The van der Waals surface area contributed by atoms with E-state index in [9.17, 15) is 18.0 Å². The van der Waals surface area contributed by atoms with Gasteiger partial charge in [-0.3, -0.25) is 4.79 Å². The molecule has 2 heterocycles. The summed E-state index contributed by atoms with van der Waals surface area (Å²) in [4.78, 5) is 20.3. The Hall–Kier alpha value is -1.74. The van der Waals surface area contributed by atoms with E-state index in [1.807, 2.05) is 13.8 Å². The van der Waals surface area contributed by atoms with Crippen LogP contribution in [0.2, 0.25) is 5.02 Å². The van der Waals surface area contributed by atoms with E-state index >= 15 is 0 Å². The molecule has 10 heteroatoms. The molecule has 0 radical (unpaired) electrons. The highest BCUT2D eigenvalue weighted by molar-refractivity contribution is 7.99. The summed E-state index contributed by atoms with van der Waals surface area (Å²) in [7, 11) is 0. The average Bonchev–Trinajstić information content (AvgIpc) is 2.79. The molecule has 0 N–H and O–H groups in total. The number of carbonyl (C=O) groups is 1. The van der Waals surface area contributed by atoms with Crippen LogP contribution < -0.4 is 0 Å². The molecule has 5 nitrogen and oxygen atoms in total. The molecule has 2 aromatic rings. The average molecular weight is 436 g/mol. The Morgan fingerprint density at radius 2 is 1.93 bits per heavy atom. The van der Waals surface area contributed by atoms with Crippen molar-refractivity contribution in [2.75, 3.05) is 0 Å². The molecule has 0 unspecified atom stereocenters. The van der Waals surface area contributed by atoms with Gasteiger partial charge >= 0.3 is 12.1 Å². The van der Waals surface area contributed by atoms with E-state index < -0.39 is 17.3 Å². The Morgan fingerprint density at radius 3 is 2.46 bits per heavy atom. The Morgan fingerprint density at radius 1 is 1.29 bits per heavy atom. The second-order valence-corrected chi connectivity index (χ2v) is 8.53. The van der Waals surface area contributed by atoms with Crippen molar-refractivity contribution in [1.82, 2.24) is 14.5 Å². The second kappa shape index (κ2) is 8.32. The second-order valence-electron chi connectivity index (χ2n) is 7.16. The minimum absolute atomic E-state index is 0.114. The van der Waals surface area contributed by atoms with E-state index in [1.165, 1.54) is 0 Å². The first-order valence-electron chi connectivity index (χ1n) is 8.44. The molecule has 0 aromatic carbocycles. The number of hydrogen-bond donors (Lipinski definition) is 0. The van der Waals surface area contributed by atoms with Crippen molar-refractivity contribution in [2.24, 2.45) is 0 Å². The molecule has 2 rings (SSSR count). The van der Waals surface area contributed by atoms with Crippen LogP contribution in [-0.2, 0) is 22.3 Å². The number of imidazole rings is 1. The molecule has 2 aromatic heterocycles. The van der Waals surface area contributed by atoms with Crippen LogP contribution in [0.4, 0.5) is 13.2 Å². The van der Waals surface area contributed by atoms with Crippen LogP contribution in [0.15, 0.2) is 22.4 Å². The predicted octanol–water partition coefficient (Wildman–Crippen LogP) is 5.45. The largest absolute Gasteiger partial charge is 0.460 e. The van der Waals surface area contributed by atoms with E-state index in [0.29, 0.717) is 11.7 Å². The monoisotopic (exact) mass is 435 g/mol. The zero-order valence-electron chi connectivity index (χ0n) is 16.1. The first-order chi connectivity index (χ1) is 12.8. The number of ether oxygens (including phenoxy) is 1. The van der Waals surface area contributed by atoms with Crippen molar-refractivity contribution >= 4 is 29.3 Å². The third kappa shape index (κ3) is 5.88. The van der Waals surface area contributed by atoms with Gasteiger partial charge in [0, 0.05) is 18.4 Å². The maximum Gasteiger partial charge on any atom is 0.417 e. The summed E-state index contributed by atoms with van der Waals surface area (Å²) in [5.74, 6) is -0.347. The molecule has 0 atom stereocenters. The topological polar surface area (TPSA) is 57.0 Å². The number of hydrogen-bond acceptors (Lipinski definition) is 5. The van der Waals surface area contributed by atoms with Crippen LogP contribution in [0.25, 0.3) is 0 Å². The third-order valence-electron chi connectivity index (χ3n) is 3.71. The Labute approximate surface area is 170 Å². The molecular weight excluding hydrogens is 415 g/mol. The zero-order chi connectivity index (χ0) is 21.3. The predicted molar refractivity (Wildman–Crippen MR) is 101 cm³/mol. The zero-order valence-corrected chi connectivity index (χ0v) is 17.7. The highest BCUT2D eigenvalue weighted by Gasteiger charge is 2.32. The molecule has 0 aliphatic heterocycles.